The molecule has 0 aliphatic carbocycles. The van der Waals surface area contributed by atoms with Crippen LogP contribution in [0.3, 0.4) is 0 Å². The van der Waals surface area contributed by atoms with Gasteiger partial charge in [0.15, 0.2) is 0 Å². The summed E-state index contributed by atoms with van der Waals surface area (Å²) in [7, 11) is 3.58. The summed E-state index contributed by atoms with van der Waals surface area (Å²) < 4.78 is 2.28. The topological polar surface area (TPSA) is 38.1 Å². The van der Waals surface area contributed by atoms with Gasteiger partial charge in [-0.2, -0.15) is 0 Å². The molecule has 0 saturated carbocycles. The minimum Gasteiger partial charge on any atom is -0.343 e. The van der Waals surface area contributed by atoms with E-state index in [0.717, 1.165) is 37.3 Å². The molecule has 1 aliphatic rings. The number of carbonyl (C=O) groups is 1. The van der Waals surface area contributed by atoms with E-state index >= 15 is 0 Å². The molecular formula is C14H23N3O. The van der Waals surface area contributed by atoms with Crippen molar-refractivity contribution in [1.82, 2.24) is 14.5 Å². The molecule has 0 aromatic carbocycles. The monoisotopic (exact) mass is 249 g/mol. The van der Waals surface area contributed by atoms with Crippen molar-refractivity contribution in [3.05, 3.63) is 17.2 Å². The average molecular weight is 249 g/mol. The summed E-state index contributed by atoms with van der Waals surface area (Å²) in [5, 5.41) is 0. The van der Waals surface area contributed by atoms with Gasteiger partial charge < -0.3 is 9.47 Å². The van der Waals surface area contributed by atoms with Gasteiger partial charge in [0.05, 0.1) is 5.69 Å². The predicted molar refractivity (Wildman–Crippen MR) is 71.7 cm³/mol. The smallest absolute Gasteiger partial charge is 0.273 e. The van der Waals surface area contributed by atoms with Crippen molar-refractivity contribution in [2.24, 2.45) is 5.92 Å². The van der Waals surface area contributed by atoms with Crippen LogP contribution < -0.4 is 0 Å². The van der Waals surface area contributed by atoms with Crippen molar-refractivity contribution in [3.63, 3.8) is 0 Å². The van der Waals surface area contributed by atoms with Crippen molar-refractivity contribution >= 4 is 5.91 Å². The van der Waals surface area contributed by atoms with Crippen LogP contribution >= 0.6 is 0 Å². The lowest BCUT2D eigenvalue weighted by atomic mass is 9.97. The van der Waals surface area contributed by atoms with Crippen LogP contribution in [0.2, 0.25) is 0 Å². The number of rotatable bonds is 3. The van der Waals surface area contributed by atoms with Gasteiger partial charge >= 0.3 is 0 Å². The summed E-state index contributed by atoms with van der Waals surface area (Å²) in [6.45, 7) is 5.42. The van der Waals surface area contributed by atoms with E-state index in [-0.39, 0.29) is 5.91 Å². The second-order valence-electron chi connectivity index (χ2n) is 5.52. The lowest BCUT2D eigenvalue weighted by Gasteiger charge is -2.23. The summed E-state index contributed by atoms with van der Waals surface area (Å²) in [5.41, 5.74) is 1.82. The van der Waals surface area contributed by atoms with Crippen LogP contribution in [0, 0.1) is 5.92 Å². The molecule has 18 heavy (non-hydrogen) atoms. The number of aryl methyl sites for hydroxylation is 1. The van der Waals surface area contributed by atoms with Gasteiger partial charge in [-0.15, -0.1) is 0 Å². The summed E-state index contributed by atoms with van der Waals surface area (Å²) in [6, 6.07) is 0. The van der Waals surface area contributed by atoms with Gasteiger partial charge in [0, 0.05) is 27.1 Å². The largest absolute Gasteiger partial charge is 0.343 e. The number of carbonyl (C=O) groups excluding carboxylic acids is 1. The van der Waals surface area contributed by atoms with Gasteiger partial charge in [0.25, 0.3) is 5.91 Å². The molecule has 2 heterocycles. The first-order valence-electron chi connectivity index (χ1n) is 6.84. The highest BCUT2D eigenvalue weighted by atomic mass is 16.2. The van der Waals surface area contributed by atoms with Crippen molar-refractivity contribution in [1.29, 1.82) is 0 Å². The molecule has 0 spiro atoms. The van der Waals surface area contributed by atoms with Gasteiger partial charge in [0.2, 0.25) is 0 Å². The number of aromatic nitrogens is 2. The highest BCUT2D eigenvalue weighted by Gasteiger charge is 2.27. The van der Waals surface area contributed by atoms with Gasteiger partial charge in [-0.1, -0.05) is 13.8 Å². The fraction of sp³-hybridized carbons (Fsp3) is 0.714. The molecule has 0 fully saturated rings. The first kappa shape index (κ1) is 13.1. The summed E-state index contributed by atoms with van der Waals surface area (Å²) in [5.74, 6) is 1.78. The molecule has 0 bridgehead atoms. The Balaban J connectivity index is 2.43. The molecule has 1 aliphatic heterocycles. The minimum absolute atomic E-state index is 0.0372. The molecule has 1 aromatic heterocycles. The van der Waals surface area contributed by atoms with Crippen LogP contribution in [0.25, 0.3) is 0 Å². The zero-order valence-corrected chi connectivity index (χ0v) is 11.9. The van der Waals surface area contributed by atoms with E-state index in [2.05, 4.69) is 23.4 Å². The molecule has 2 rings (SSSR count). The second kappa shape index (κ2) is 5.12. The van der Waals surface area contributed by atoms with Crippen LogP contribution in [0.15, 0.2) is 0 Å². The SMILES string of the molecule is CCCc1nc(C(=O)N(C)C)c2n1CCC(C)C2. The van der Waals surface area contributed by atoms with Crippen molar-refractivity contribution in [2.45, 2.75) is 46.1 Å². The normalized spacial score (nSPS) is 18.6. The third-order valence-corrected chi connectivity index (χ3v) is 3.62. The van der Waals surface area contributed by atoms with Crippen LogP contribution in [-0.2, 0) is 19.4 Å². The van der Waals surface area contributed by atoms with E-state index in [1.165, 1.54) is 6.42 Å². The standard InChI is InChI=1S/C14H23N3O/c1-5-6-12-15-13(14(18)16(3)4)11-9-10(2)7-8-17(11)12/h10H,5-9H2,1-4H3. The molecule has 100 valence electrons. The van der Waals surface area contributed by atoms with Crippen molar-refractivity contribution in [2.75, 3.05) is 14.1 Å². The Bertz CT molecular complexity index is 448. The van der Waals surface area contributed by atoms with Gasteiger partial charge in [-0.05, 0) is 25.2 Å². The number of imidazole rings is 1. The number of hydrogen-bond donors (Lipinski definition) is 0. The number of fused-ring (bicyclic) bond motifs is 1. The minimum atomic E-state index is 0.0372. The van der Waals surface area contributed by atoms with E-state index in [0.29, 0.717) is 11.6 Å². The molecule has 4 heteroatoms. The van der Waals surface area contributed by atoms with E-state index in [1.807, 2.05) is 0 Å². The van der Waals surface area contributed by atoms with Crippen LogP contribution in [0.5, 0.6) is 0 Å². The van der Waals surface area contributed by atoms with Gasteiger partial charge in [-0.3, -0.25) is 4.79 Å². The summed E-state index contributed by atoms with van der Waals surface area (Å²) >= 11 is 0. The Hall–Kier alpha value is -1.32. The number of amides is 1. The molecular weight excluding hydrogens is 226 g/mol. The third kappa shape index (κ3) is 2.28. The molecule has 1 aromatic rings. The van der Waals surface area contributed by atoms with Gasteiger partial charge in [0.1, 0.15) is 11.5 Å². The van der Waals surface area contributed by atoms with Gasteiger partial charge in [-0.25, -0.2) is 4.98 Å². The van der Waals surface area contributed by atoms with Crippen LogP contribution in [0.4, 0.5) is 0 Å². The Kier molecular flexibility index (Phi) is 3.73. The molecule has 1 atom stereocenters. The lowest BCUT2D eigenvalue weighted by molar-refractivity contribution is 0.0820. The number of nitrogens with zero attached hydrogens (tertiary/aromatic N) is 3. The van der Waals surface area contributed by atoms with E-state index in [4.69, 9.17) is 0 Å². The number of hydrogen-bond acceptors (Lipinski definition) is 2. The molecule has 1 amide bonds. The zero-order chi connectivity index (χ0) is 13.3. The van der Waals surface area contributed by atoms with Crippen LogP contribution in [-0.4, -0.2) is 34.5 Å². The van der Waals surface area contributed by atoms with Crippen molar-refractivity contribution in [3.8, 4) is 0 Å². The fourth-order valence-corrected chi connectivity index (χ4v) is 2.59. The highest BCUT2D eigenvalue weighted by Crippen LogP contribution is 2.25. The first-order valence-corrected chi connectivity index (χ1v) is 6.84. The van der Waals surface area contributed by atoms with Crippen LogP contribution in [0.1, 0.15) is 48.7 Å². The molecule has 0 N–H and O–H groups in total. The Labute approximate surface area is 109 Å². The van der Waals surface area contributed by atoms with E-state index in [9.17, 15) is 4.79 Å². The molecule has 0 radical (unpaired) electrons. The quantitative estimate of drug-likeness (QED) is 0.823. The second-order valence-corrected chi connectivity index (χ2v) is 5.52. The fourth-order valence-electron chi connectivity index (χ4n) is 2.59. The summed E-state index contributed by atoms with van der Waals surface area (Å²) in [6.07, 6.45) is 4.20. The predicted octanol–water partition coefficient (Wildman–Crippen LogP) is 2.12. The highest BCUT2D eigenvalue weighted by molar-refractivity contribution is 5.93. The Morgan fingerprint density at radius 1 is 1.50 bits per heavy atom. The average Bonchev–Trinajstić information content (AvgIpc) is 2.67. The Morgan fingerprint density at radius 3 is 2.83 bits per heavy atom. The summed E-state index contributed by atoms with van der Waals surface area (Å²) in [4.78, 5) is 18.4. The molecule has 4 nitrogen and oxygen atoms in total. The van der Waals surface area contributed by atoms with E-state index < -0.39 is 0 Å². The molecule has 0 saturated heterocycles. The lowest BCUT2D eigenvalue weighted by Crippen LogP contribution is -2.25. The van der Waals surface area contributed by atoms with E-state index in [1.54, 1.807) is 19.0 Å². The molecule has 1 unspecified atom stereocenters. The maximum Gasteiger partial charge on any atom is 0.273 e. The maximum absolute atomic E-state index is 12.2. The van der Waals surface area contributed by atoms with Crippen molar-refractivity contribution < 1.29 is 4.79 Å². The Morgan fingerprint density at radius 2 is 2.22 bits per heavy atom. The maximum atomic E-state index is 12.2. The third-order valence-electron chi connectivity index (χ3n) is 3.62. The zero-order valence-electron chi connectivity index (χ0n) is 11.9. The first-order chi connectivity index (χ1) is 8.54.